The number of methoxy groups -OCH3 is 1. The lowest BCUT2D eigenvalue weighted by atomic mass is 9.78. The Labute approximate surface area is 177 Å². The molecule has 4 nitrogen and oxygen atoms in total. The van der Waals surface area contributed by atoms with E-state index in [1.54, 1.807) is 24.2 Å². The van der Waals surface area contributed by atoms with Gasteiger partial charge in [-0.3, -0.25) is 4.79 Å². The number of fused-ring (bicyclic) bond motifs is 1. The molecule has 0 fully saturated rings. The molecule has 0 aliphatic carbocycles. The minimum Gasteiger partial charge on any atom is -0.497 e. The van der Waals surface area contributed by atoms with Gasteiger partial charge in [0.1, 0.15) is 5.75 Å². The van der Waals surface area contributed by atoms with Gasteiger partial charge in [0.05, 0.1) is 19.3 Å². The molecule has 4 rings (SSSR count). The average Bonchev–Trinajstić information content (AvgIpc) is 2.98. The van der Waals surface area contributed by atoms with Crippen LogP contribution in [0.25, 0.3) is 0 Å². The predicted octanol–water partition coefficient (Wildman–Crippen LogP) is 4.71. The Hall–Kier alpha value is -3.37. The first kappa shape index (κ1) is 19.9. The number of nitrogens with zero attached hydrogens (tertiary/aromatic N) is 1. The van der Waals surface area contributed by atoms with Gasteiger partial charge in [-0.25, -0.2) is 0 Å². The molecule has 0 saturated heterocycles. The number of hydrogen-bond acceptors (Lipinski definition) is 3. The summed E-state index contributed by atoms with van der Waals surface area (Å²) in [5, 5.41) is 11.9. The second-order valence-electron chi connectivity index (χ2n) is 7.65. The number of rotatable bonds is 6. The zero-order chi connectivity index (χ0) is 21.3. The maximum atomic E-state index is 13.7. The van der Waals surface area contributed by atoms with E-state index in [2.05, 4.69) is 6.58 Å². The van der Waals surface area contributed by atoms with Crippen molar-refractivity contribution in [1.82, 2.24) is 0 Å². The molecule has 1 aliphatic heterocycles. The second kappa shape index (κ2) is 7.81. The molecule has 0 saturated carbocycles. The number of ether oxygens (including phenoxy) is 1. The molecule has 3 aromatic carbocycles. The van der Waals surface area contributed by atoms with Gasteiger partial charge in [-0.05, 0) is 36.2 Å². The topological polar surface area (TPSA) is 49.8 Å². The largest absolute Gasteiger partial charge is 0.497 e. The number of hydrogen-bond donors (Lipinski definition) is 1. The molecule has 30 heavy (non-hydrogen) atoms. The molecule has 3 aromatic rings. The van der Waals surface area contributed by atoms with E-state index in [-0.39, 0.29) is 5.91 Å². The van der Waals surface area contributed by atoms with E-state index in [0.717, 1.165) is 16.7 Å². The van der Waals surface area contributed by atoms with Crippen LogP contribution in [0.3, 0.4) is 0 Å². The van der Waals surface area contributed by atoms with Gasteiger partial charge < -0.3 is 14.7 Å². The zero-order valence-electron chi connectivity index (χ0n) is 17.2. The molecule has 1 N–H and O–H groups in total. The Morgan fingerprint density at radius 3 is 2.43 bits per heavy atom. The van der Waals surface area contributed by atoms with Crippen LogP contribution < -0.4 is 9.64 Å². The quantitative estimate of drug-likeness (QED) is 0.611. The first-order valence-corrected chi connectivity index (χ1v) is 9.95. The summed E-state index contributed by atoms with van der Waals surface area (Å²) in [5.41, 5.74) is 2.44. The van der Waals surface area contributed by atoms with Crippen molar-refractivity contribution in [2.75, 3.05) is 12.0 Å². The van der Waals surface area contributed by atoms with Crippen LogP contribution in [-0.2, 0) is 16.9 Å². The fourth-order valence-corrected chi connectivity index (χ4v) is 4.15. The monoisotopic (exact) mass is 399 g/mol. The van der Waals surface area contributed by atoms with Gasteiger partial charge in [-0.2, -0.15) is 0 Å². The van der Waals surface area contributed by atoms with Crippen molar-refractivity contribution in [3.63, 3.8) is 0 Å². The number of carbonyl (C=O) groups is 1. The average molecular weight is 399 g/mol. The molecule has 1 heterocycles. The van der Waals surface area contributed by atoms with Crippen molar-refractivity contribution in [2.24, 2.45) is 0 Å². The summed E-state index contributed by atoms with van der Waals surface area (Å²) in [6.45, 7) is 6.34. The number of benzene rings is 3. The number of aliphatic hydroxyl groups is 1. The van der Waals surface area contributed by atoms with Crippen molar-refractivity contribution in [1.29, 1.82) is 0 Å². The van der Waals surface area contributed by atoms with Crippen molar-refractivity contribution < 1.29 is 14.6 Å². The third kappa shape index (κ3) is 3.19. The summed E-state index contributed by atoms with van der Waals surface area (Å²) in [7, 11) is 1.57. The highest BCUT2D eigenvalue weighted by molar-refractivity contribution is 6.07. The highest BCUT2D eigenvalue weighted by Gasteiger charge is 2.54. The summed E-state index contributed by atoms with van der Waals surface area (Å²) < 4.78 is 5.39. The summed E-state index contributed by atoms with van der Waals surface area (Å²) in [6, 6.07) is 23.0. The molecule has 0 bridgehead atoms. The van der Waals surface area contributed by atoms with Crippen LogP contribution in [0.5, 0.6) is 5.75 Å². The van der Waals surface area contributed by atoms with Crippen molar-refractivity contribution in [3.8, 4) is 5.75 Å². The second-order valence-corrected chi connectivity index (χ2v) is 7.65. The van der Waals surface area contributed by atoms with E-state index in [4.69, 9.17) is 4.74 Å². The molecule has 2 atom stereocenters. The number of anilines is 1. The van der Waals surface area contributed by atoms with E-state index in [1.807, 2.05) is 73.7 Å². The third-order valence-corrected chi connectivity index (χ3v) is 5.78. The lowest BCUT2D eigenvalue weighted by Gasteiger charge is -2.30. The predicted molar refractivity (Wildman–Crippen MR) is 119 cm³/mol. The lowest BCUT2D eigenvalue weighted by Crippen LogP contribution is -2.44. The third-order valence-electron chi connectivity index (χ3n) is 5.78. The van der Waals surface area contributed by atoms with Crippen molar-refractivity contribution in [3.05, 3.63) is 108 Å². The summed E-state index contributed by atoms with van der Waals surface area (Å²) in [6.07, 6.45) is 1.64. The van der Waals surface area contributed by atoms with Gasteiger partial charge in [0.15, 0.2) is 5.60 Å². The van der Waals surface area contributed by atoms with E-state index in [1.165, 1.54) is 0 Å². The summed E-state index contributed by atoms with van der Waals surface area (Å²) in [4.78, 5) is 15.4. The van der Waals surface area contributed by atoms with E-state index in [0.29, 0.717) is 23.5 Å². The molecule has 0 spiro atoms. The Kier molecular flexibility index (Phi) is 5.18. The SMILES string of the molecule is C=C[C@H](c1ccccc1)[C@@]1(O)C(=O)N(Cc2ccc(C)cc2)c2ccc(OC)cc21. The Morgan fingerprint density at radius 2 is 1.80 bits per heavy atom. The van der Waals surface area contributed by atoms with Crippen LogP contribution in [0.4, 0.5) is 5.69 Å². The lowest BCUT2D eigenvalue weighted by molar-refractivity contribution is -0.137. The molecule has 0 radical (unpaired) electrons. The number of amides is 1. The van der Waals surface area contributed by atoms with Crippen molar-refractivity contribution >= 4 is 11.6 Å². The van der Waals surface area contributed by atoms with Crippen molar-refractivity contribution in [2.45, 2.75) is 25.0 Å². The fraction of sp³-hybridized carbons (Fsp3) is 0.192. The van der Waals surface area contributed by atoms with Gasteiger partial charge in [0, 0.05) is 11.5 Å². The Bertz CT molecular complexity index is 1080. The van der Waals surface area contributed by atoms with E-state index in [9.17, 15) is 9.90 Å². The zero-order valence-corrected chi connectivity index (χ0v) is 17.2. The fourth-order valence-electron chi connectivity index (χ4n) is 4.15. The smallest absolute Gasteiger partial charge is 0.264 e. The minimum absolute atomic E-state index is 0.361. The van der Waals surface area contributed by atoms with Gasteiger partial charge >= 0.3 is 0 Å². The normalized spacial score (nSPS) is 18.8. The molecule has 4 heteroatoms. The van der Waals surface area contributed by atoms with Gasteiger partial charge in [-0.1, -0.05) is 66.2 Å². The molecule has 1 aliphatic rings. The van der Waals surface area contributed by atoms with Crippen LogP contribution >= 0.6 is 0 Å². The number of carbonyl (C=O) groups excluding carboxylic acids is 1. The Balaban J connectivity index is 1.84. The summed E-state index contributed by atoms with van der Waals surface area (Å²) >= 11 is 0. The molecule has 0 aromatic heterocycles. The van der Waals surface area contributed by atoms with E-state index < -0.39 is 11.5 Å². The molecular formula is C26H25NO3. The highest BCUT2D eigenvalue weighted by atomic mass is 16.5. The molecular weight excluding hydrogens is 374 g/mol. The number of aryl methyl sites for hydroxylation is 1. The van der Waals surface area contributed by atoms with Crippen LogP contribution in [0.15, 0.2) is 85.5 Å². The molecule has 1 amide bonds. The highest BCUT2D eigenvalue weighted by Crippen LogP contribution is 2.50. The standard InChI is InChI=1S/C26H25NO3/c1-4-22(20-8-6-5-7-9-20)26(29)23-16-21(30-3)14-15-24(23)27(25(26)28)17-19-12-10-18(2)11-13-19/h4-16,22,29H,1,17H2,2-3H3/t22-,26+/m1/s1. The van der Waals surface area contributed by atoms with Crippen LogP contribution in [0, 0.1) is 6.92 Å². The maximum Gasteiger partial charge on any atom is 0.264 e. The summed E-state index contributed by atoms with van der Waals surface area (Å²) in [5.74, 6) is -0.367. The first-order valence-electron chi connectivity index (χ1n) is 9.95. The maximum absolute atomic E-state index is 13.7. The first-order chi connectivity index (χ1) is 14.5. The van der Waals surface area contributed by atoms with Gasteiger partial charge in [0.2, 0.25) is 0 Å². The molecule has 152 valence electrons. The van der Waals surface area contributed by atoms with Crippen LogP contribution in [0.1, 0.15) is 28.2 Å². The minimum atomic E-state index is -1.77. The molecule has 0 unspecified atom stereocenters. The Morgan fingerprint density at radius 1 is 1.10 bits per heavy atom. The van der Waals surface area contributed by atoms with Crippen LogP contribution in [0.2, 0.25) is 0 Å². The van der Waals surface area contributed by atoms with Gasteiger partial charge in [-0.15, -0.1) is 6.58 Å². The van der Waals surface area contributed by atoms with Crippen LogP contribution in [-0.4, -0.2) is 18.1 Å². The van der Waals surface area contributed by atoms with E-state index >= 15 is 0 Å². The van der Waals surface area contributed by atoms with Gasteiger partial charge in [0.25, 0.3) is 5.91 Å².